The third-order valence-electron chi connectivity index (χ3n) is 3.66. The number of nitrogens with one attached hydrogen (secondary N) is 3. The summed E-state index contributed by atoms with van der Waals surface area (Å²) in [6.45, 7) is 8.32. The fourth-order valence-electron chi connectivity index (χ4n) is 2.54. The van der Waals surface area contributed by atoms with E-state index in [-0.39, 0.29) is 0 Å². The molecule has 0 aliphatic carbocycles. The molecule has 8 nitrogen and oxygen atoms in total. The van der Waals surface area contributed by atoms with Crippen molar-refractivity contribution in [3.8, 4) is 11.1 Å². The number of anilines is 1. The Morgan fingerprint density at radius 2 is 1.89 bits per heavy atom. The highest BCUT2D eigenvalue weighted by molar-refractivity contribution is 5.81. The first kappa shape index (κ1) is 18.6. The Hall–Kier alpha value is -3.16. The van der Waals surface area contributed by atoms with Crippen molar-refractivity contribution in [1.82, 2.24) is 25.3 Å². The van der Waals surface area contributed by atoms with Gasteiger partial charge < -0.3 is 20.4 Å². The normalized spacial score (nSPS) is 11.4. The molecule has 0 fully saturated rings. The Bertz CT molecular complexity index is 928. The first-order valence-electron chi connectivity index (χ1n) is 8.80. The predicted molar refractivity (Wildman–Crippen MR) is 105 cm³/mol. The minimum absolute atomic E-state index is 0.413. The molecule has 3 aromatic rings. The lowest BCUT2D eigenvalue weighted by atomic mass is 10.1. The molecule has 3 rings (SSSR count). The Morgan fingerprint density at radius 1 is 1.15 bits per heavy atom. The number of imidazole rings is 1. The van der Waals surface area contributed by atoms with Gasteiger partial charge in [0.25, 0.3) is 0 Å². The molecule has 0 bridgehead atoms. The van der Waals surface area contributed by atoms with Gasteiger partial charge in [-0.2, -0.15) is 0 Å². The van der Waals surface area contributed by atoms with Crippen molar-refractivity contribution in [2.24, 2.45) is 0 Å². The highest BCUT2D eigenvalue weighted by Gasteiger charge is 2.15. The second kappa shape index (κ2) is 7.61. The van der Waals surface area contributed by atoms with Gasteiger partial charge in [0.1, 0.15) is 11.4 Å². The quantitative estimate of drug-likeness (QED) is 0.597. The number of fused-ring (bicyclic) bond motifs is 1. The lowest BCUT2D eigenvalue weighted by molar-refractivity contribution is 0.0530. The van der Waals surface area contributed by atoms with Gasteiger partial charge in [-0.3, -0.25) is 0 Å². The number of hydrogen-bond donors (Lipinski definition) is 3. The maximum Gasteiger partial charge on any atom is 0.407 e. The number of aromatic nitrogens is 4. The van der Waals surface area contributed by atoms with Gasteiger partial charge in [0.05, 0.1) is 11.0 Å². The summed E-state index contributed by atoms with van der Waals surface area (Å²) < 4.78 is 5.17. The SMILES string of the molecule is Cc1nc2ccc(-c3cnc(NCCNC(=O)OC(C)(C)C)nc3)cc2[nH]1. The van der Waals surface area contributed by atoms with E-state index < -0.39 is 11.7 Å². The molecule has 0 spiro atoms. The minimum atomic E-state index is -0.506. The lowest BCUT2D eigenvalue weighted by Crippen LogP contribution is -2.35. The average molecular weight is 368 g/mol. The molecule has 2 aromatic heterocycles. The number of aromatic amines is 1. The van der Waals surface area contributed by atoms with E-state index in [9.17, 15) is 4.79 Å². The van der Waals surface area contributed by atoms with Crippen LogP contribution in [0.25, 0.3) is 22.2 Å². The summed E-state index contributed by atoms with van der Waals surface area (Å²) in [6.07, 6.45) is 3.09. The third kappa shape index (κ3) is 5.16. The number of benzene rings is 1. The van der Waals surface area contributed by atoms with Crippen LogP contribution in [0.4, 0.5) is 10.7 Å². The zero-order valence-electron chi connectivity index (χ0n) is 16.0. The molecule has 0 saturated carbocycles. The summed E-state index contributed by atoms with van der Waals surface area (Å²) in [6, 6.07) is 6.01. The van der Waals surface area contributed by atoms with Gasteiger partial charge in [-0.05, 0) is 45.4 Å². The average Bonchev–Trinajstić information content (AvgIpc) is 2.97. The zero-order chi connectivity index (χ0) is 19.4. The number of nitrogens with zero attached hydrogens (tertiary/aromatic N) is 3. The van der Waals surface area contributed by atoms with Crippen molar-refractivity contribution in [3.05, 3.63) is 36.4 Å². The number of H-pyrrole nitrogens is 1. The molecule has 1 amide bonds. The van der Waals surface area contributed by atoms with Crippen molar-refractivity contribution in [2.75, 3.05) is 18.4 Å². The monoisotopic (exact) mass is 368 g/mol. The molecule has 0 radical (unpaired) electrons. The van der Waals surface area contributed by atoms with Gasteiger partial charge in [0.2, 0.25) is 5.95 Å². The van der Waals surface area contributed by atoms with Crippen LogP contribution in [-0.2, 0) is 4.74 Å². The number of alkyl carbamates (subject to hydrolysis) is 1. The highest BCUT2D eigenvalue weighted by Crippen LogP contribution is 2.22. The van der Waals surface area contributed by atoms with E-state index >= 15 is 0 Å². The van der Waals surface area contributed by atoms with Crippen LogP contribution in [0.1, 0.15) is 26.6 Å². The Balaban J connectivity index is 1.53. The van der Waals surface area contributed by atoms with Crippen molar-refractivity contribution in [3.63, 3.8) is 0 Å². The maximum atomic E-state index is 11.6. The van der Waals surface area contributed by atoms with E-state index in [0.717, 1.165) is 28.0 Å². The molecule has 142 valence electrons. The van der Waals surface area contributed by atoms with Crippen molar-refractivity contribution in [1.29, 1.82) is 0 Å². The van der Waals surface area contributed by atoms with Crippen molar-refractivity contribution in [2.45, 2.75) is 33.3 Å². The second-order valence-corrected chi connectivity index (χ2v) is 7.20. The minimum Gasteiger partial charge on any atom is -0.444 e. The van der Waals surface area contributed by atoms with E-state index in [1.54, 1.807) is 12.4 Å². The van der Waals surface area contributed by atoms with Crippen LogP contribution < -0.4 is 10.6 Å². The smallest absolute Gasteiger partial charge is 0.407 e. The topological polar surface area (TPSA) is 105 Å². The third-order valence-corrected chi connectivity index (χ3v) is 3.66. The molecule has 0 atom stereocenters. The molecule has 1 aromatic carbocycles. The zero-order valence-corrected chi connectivity index (χ0v) is 16.0. The number of aryl methyl sites for hydroxylation is 1. The first-order chi connectivity index (χ1) is 12.8. The number of amides is 1. The van der Waals surface area contributed by atoms with E-state index in [1.165, 1.54) is 0 Å². The summed E-state index contributed by atoms with van der Waals surface area (Å²) in [5.41, 5.74) is 3.35. The molecular formula is C19H24N6O2. The fourth-order valence-corrected chi connectivity index (χ4v) is 2.54. The molecule has 3 N–H and O–H groups in total. The van der Waals surface area contributed by atoms with Crippen molar-refractivity contribution < 1.29 is 9.53 Å². The van der Waals surface area contributed by atoms with E-state index in [2.05, 4.69) is 30.6 Å². The van der Waals surface area contributed by atoms with E-state index in [0.29, 0.717) is 19.0 Å². The fraction of sp³-hybridized carbons (Fsp3) is 0.368. The lowest BCUT2D eigenvalue weighted by Gasteiger charge is -2.19. The number of hydrogen-bond acceptors (Lipinski definition) is 6. The number of ether oxygens (including phenoxy) is 1. The molecule has 0 aliphatic heterocycles. The summed E-state index contributed by atoms with van der Waals surface area (Å²) in [5, 5.41) is 5.74. The highest BCUT2D eigenvalue weighted by atomic mass is 16.6. The van der Waals surface area contributed by atoms with E-state index in [1.807, 2.05) is 45.9 Å². The van der Waals surface area contributed by atoms with Crippen LogP contribution in [-0.4, -0.2) is 44.7 Å². The van der Waals surface area contributed by atoms with Gasteiger partial charge in [0.15, 0.2) is 0 Å². The molecule has 2 heterocycles. The Morgan fingerprint density at radius 3 is 2.59 bits per heavy atom. The summed E-state index contributed by atoms with van der Waals surface area (Å²) in [7, 11) is 0. The van der Waals surface area contributed by atoms with Crippen LogP contribution in [0, 0.1) is 6.92 Å². The second-order valence-electron chi connectivity index (χ2n) is 7.20. The van der Waals surface area contributed by atoms with Crippen LogP contribution in [0.5, 0.6) is 0 Å². The predicted octanol–water partition coefficient (Wildman–Crippen LogP) is 3.26. The van der Waals surface area contributed by atoms with Crippen LogP contribution >= 0.6 is 0 Å². The van der Waals surface area contributed by atoms with Gasteiger partial charge in [-0.15, -0.1) is 0 Å². The summed E-state index contributed by atoms with van der Waals surface area (Å²) in [4.78, 5) is 27.8. The number of carbonyl (C=O) groups excluding carboxylic acids is 1. The van der Waals surface area contributed by atoms with Gasteiger partial charge in [0, 0.05) is 31.0 Å². The van der Waals surface area contributed by atoms with Crippen LogP contribution in [0.2, 0.25) is 0 Å². The van der Waals surface area contributed by atoms with E-state index in [4.69, 9.17) is 4.74 Å². The molecular weight excluding hydrogens is 344 g/mol. The van der Waals surface area contributed by atoms with Gasteiger partial charge >= 0.3 is 6.09 Å². The molecule has 0 saturated heterocycles. The van der Waals surface area contributed by atoms with Gasteiger partial charge in [-0.1, -0.05) is 6.07 Å². The van der Waals surface area contributed by atoms with Crippen LogP contribution in [0.15, 0.2) is 30.6 Å². The standard InChI is InChI=1S/C19H24N6O2/c1-12-24-15-6-5-13(9-16(15)25-12)14-10-22-17(23-11-14)20-7-8-21-18(26)27-19(2,3)4/h5-6,9-11H,7-8H2,1-4H3,(H,21,26)(H,24,25)(H,20,22,23). The summed E-state index contributed by atoms with van der Waals surface area (Å²) >= 11 is 0. The Labute approximate surface area is 157 Å². The first-order valence-corrected chi connectivity index (χ1v) is 8.80. The Kier molecular flexibility index (Phi) is 5.25. The van der Waals surface area contributed by atoms with Gasteiger partial charge in [-0.25, -0.2) is 19.7 Å². The largest absolute Gasteiger partial charge is 0.444 e. The molecule has 0 aliphatic rings. The summed E-state index contributed by atoms with van der Waals surface area (Å²) in [5.74, 6) is 1.39. The van der Waals surface area contributed by atoms with Crippen LogP contribution in [0.3, 0.4) is 0 Å². The van der Waals surface area contributed by atoms with Crippen molar-refractivity contribution >= 4 is 23.1 Å². The molecule has 0 unspecified atom stereocenters. The molecule has 8 heteroatoms. The maximum absolute atomic E-state index is 11.6. The number of rotatable bonds is 5. The molecule has 27 heavy (non-hydrogen) atoms. The number of carbonyl (C=O) groups is 1.